The fourth-order valence-electron chi connectivity index (χ4n) is 2.51. The average Bonchev–Trinajstić information content (AvgIpc) is 2.88. The van der Waals surface area contributed by atoms with Gasteiger partial charge in [0.1, 0.15) is 0 Å². The highest BCUT2D eigenvalue weighted by Crippen LogP contribution is 2.24. The van der Waals surface area contributed by atoms with E-state index in [1.807, 2.05) is 13.8 Å². The summed E-state index contributed by atoms with van der Waals surface area (Å²) in [6.45, 7) is 6.25. The molecule has 0 bridgehead atoms. The van der Waals surface area contributed by atoms with Gasteiger partial charge in [-0.3, -0.25) is 4.79 Å². The van der Waals surface area contributed by atoms with Gasteiger partial charge in [0, 0.05) is 6.04 Å². The molecule has 1 aromatic rings. The molecule has 2 rings (SSSR count). The van der Waals surface area contributed by atoms with Crippen LogP contribution in [0, 0.1) is 5.92 Å². The highest BCUT2D eigenvalue weighted by molar-refractivity contribution is 7.99. The molecule has 0 spiro atoms. The van der Waals surface area contributed by atoms with Crippen molar-refractivity contribution in [1.82, 2.24) is 25.5 Å². The van der Waals surface area contributed by atoms with E-state index in [2.05, 4.69) is 27.8 Å². The second-order valence-corrected chi connectivity index (χ2v) is 6.67. The third-order valence-corrected chi connectivity index (χ3v) is 4.68. The molecule has 2 atom stereocenters. The van der Waals surface area contributed by atoms with E-state index in [1.54, 1.807) is 4.68 Å². The molecule has 1 fully saturated rings. The van der Waals surface area contributed by atoms with Crippen LogP contribution >= 0.6 is 11.8 Å². The Bertz CT molecular complexity index is 448. The average molecular weight is 297 g/mol. The Balaban J connectivity index is 1.81. The van der Waals surface area contributed by atoms with Crippen LogP contribution in [0.5, 0.6) is 0 Å². The summed E-state index contributed by atoms with van der Waals surface area (Å²) < 4.78 is 1.74. The van der Waals surface area contributed by atoms with Gasteiger partial charge in [0.2, 0.25) is 11.1 Å². The van der Waals surface area contributed by atoms with E-state index < -0.39 is 0 Å². The summed E-state index contributed by atoms with van der Waals surface area (Å²) in [5, 5.41) is 15.4. The van der Waals surface area contributed by atoms with Crippen LogP contribution in [0.25, 0.3) is 0 Å². The number of carbonyl (C=O) groups is 1. The Morgan fingerprint density at radius 3 is 2.90 bits per heavy atom. The van der Waals surface area contributed by atoms with Crippen molar-refractivity contribution >= 4 is 17.7 Å². The third kappa shape index (κ3) is 3.94. The van der Waals surface area contributed by atoms with Crippen LogP contribution in [-0.4, -0.2) is 37.9 Å². The highest BCUT2D eigenvalue weighted by Gasteiger charge is 2.23. The lowest BCUT2D eigenvalue weighted by molar-refractivity contribution is -0.119. The molecule has 1 amide bonds. The minimum absolute atomic E-state index is 0.0760. The molecule has 1 N–H and O–H groups in total. The smallest absolute Gasteiger partial charge is 0.230 e. The number of aromatic nitrogens is 4. The molecule has 112 valence electrons. The molecule has 0 radical (unpaired) electrons. The first-order valence-electron chi connectivity index (χ1n) is 7.28. The van der Waals surface area contributed by atoms with Crippen LogP contribution < -0.4 is 5.32 Å². The first-order chi connectivity index (χ1) is 9.58. The minimum Gasteiger partial charge on any atom is -0.352 e. The van der Waals surface area contributed by atoms with Gasteiger partial charge in [0.15, 0.2) is 0 Å². The van der Waals surface area contributed by atoms with E-state index >= 15 is 0 Å². The van der Waals surface area contributed by atoms with Crippen LogP contribution in [0.2, 0.25) is 0 Å². The topological polar surface area (TPSA) is 72.7 Å². The number of nitrogens with one attached hydrogen (secondary N) is 1. The Morgan fingerprint density at radius 1 is 1.45 bits per heavy atom. The predicted molar refractivity (Wildman–Crippen MR) is 78.5 cm³/mol. The molecule has 20 heavy (non-hydrogen) atoms. The fraction of sp³-hybridized carbons (Fsp3) is 0.846. The van der Waals surface area contributed by atoms with Crippen LogP contribution in [0.1, 0.15) is 52.5 Å². The highest BCUT2D eigenvalue weighted by atomic mass is 32.2. The fourth-order valence-corrected chi connectivity index (χ4v) is 3.33. The van der Waals surface area contributed by atoms with Gasteiger partial charge < -0.3 is 5.32 Å². The van der Waals surface area contributed by atoms with Crippen molar-refractivity contribution in [3.05, 3.63) is 0 Å². The van der Waals surface area contributed by atoms with E-state index in [9.17, 15) is 4.79 Å². The van der Waals surface area contributed by atoms with Gasteiger partial charge in [-0.25, -0.2) is 4.68 Å². The number of amides is 1. The van der Waals surface area contributed by atoms with Crippen molar-refractivity contribution in [3.63, 3.8) is 0 Å². The van der Waals surface area contributed by atoms with Crippen molar-refractivity contribution < 1.29 is 4.79 Å². The first-order valence-corrected chi connectivity index (χ1v) is 8.26. The maximum atomic E-state index is 12.0. The van der Waals surface area contributed by atoms with Gasteiger partial charge in [-0.2, -0.15) is 0 Å². The molecule has 0 unspecified atom stereocenters. The normalized spacial score (nSPS) is 23.0. The van der Waals surface area contributed by atoms with E-state index in [0.29, 0.717) is 22.9 Å². The van der Waals surface area contributed by atoms with Gasteiger partial charge >= 0.3 is 0 Å². The summed E-state index contributed by atoms with van der Waals surface area (Å²) in [5.74, 6) is 1.03. The summed E-state index contributed by atoms with van der Waals surface area (Å²) in [6, 6.07) is 0.534. The maximum absolute atomic E-state index is 12.0. The number of thioether (sulfide) groups is 1. The molecule has 1 aromatic heterocycles. The minimum atomic E-state index is 0.0760. The van der Waals surface area contributed by atoms with Crippen LogP contribution in [-0.2, 0) is 4.79 Å². The molecule has 6 nitrogen and oxygen atoms in total. The molecule has 0 aliphatic heterocycles. The molecule has 1 saturated carbocycles. The zero-order chi connectivity index (χ0) is 14.5. The van der Waals surface area contributed by atoms with Crippen molar-refractivity contribution in [2.75, 3.05) is 5.75 Å². The summed E-state index contributed by atoms with van der Waals surface area (Å²) in [7, 11) is 0. The molecular formula is C13H23N5OS. The SMILES string of the molecule is CC(C)n1nnnc1SCC(=O)N[C@@H]1CCCC[C@@H]1C. The van der Waals surface area contributed by atoms with Crippen molar-refractivity contribution in [1.29, 1.82) is 0 Å². The lowest BCUT2D eigenvalue weighted by Gasteiger charge is -2.29. The Kier molecular flexibility index (Phi) is 5.39. The summed E-state index contributed by atoms with van der Waals surface area (Å²) in [5.41, 5.74) is 0. The molecule has 0 aromatic carbocycles. The number of tetrazole rings is 1. The Labute approximate surface area is 124 Å². The molecular weight excluding hydrogens is 274 g/mol. The zero-order valence-electron chi connectivity index (χ0n) is 12.4. The van der Waals surface area contributed by atoms with E-state index in [1.165, 1.54) is 31.0 Å². The largest absolute Gasteiger partial charge is 0.352 e. The van der Waals surface area contributed by atoms with Crippen LogP contribution in [0.4, 0.5) is 0 Å². The molecule has 1 heterocycles. The molecule has 1 aliphatic carbocycles. The quantitative estimate of drug-likeness (QED) is 0.842. The number of hydrogen-bond donors (Lipinski definition) is 1. The lowest BCUT2D eigenvalue weighted by atomic mass is 9.86. The third-order valence-electron chi connectivity index (χ3n) is 3.74. The molecule has 0 saturated heterocycles. The van der Waals surface area contributed by atoms with Gasteiger partial charge in [-0.1, -0.05) is 31.5 Å². The van der Waals surface area contributed by atoms with Crippen molar-refractivity contribution in [3.8, 4) is 0 Å². The lowest BCUT2D eigenvalue weighted by Crippen LogP contribution is -2.41. The molecule has 1 aliphatic rings. The summed E-state index contributed by atoms with van der Waals surface area (Å²) in [4.78, 5) is 12.0. The van der Waals surface area contributed by atoms with E-state index in [-0.39, 0.29) is 11.9 Å². The number of nitrogens with zero attached hydrogens (tertiary/aromatic N) is 4. The predicted octanol–water partition coefficient (Wildman–Crippen LogP) is 2.04. The Morgan fingerprint density at radius 2 is 2.20 bits per heavy atom. The van der Waals surface area contributed by atoms with E-state index in [4.69, 9.17) is 0 Å². The van der Waals surface area contributed by atoms with Gasteiger partial charge in [-0.15, -0.1) is 5.10 Å². The number of hydrogen-bond acceptors (Lipinski definition) is 5. The van der Waals surface area contributed by atoms with Crippen molar-refractivity contribution in [2.24, 2.45) is 5.92 Å². The monoisotopic (exact) mass is 297 g/mol. The van der Waals surface area contributed by atoms with Gasteiger partial charge in [0.05, 0.1) is 11.8 Å². The summed E-state index contributed by atoms with van der Waals surface area (Å²) >= 11 is 1.39. The van der Waals surface area contributed by atoms with Crippen LogP contribution in [0.3, 0.4) is 0 Å². The number of rotatable bonds is 5. The zero-order valence-corrected chi connectivity index (χ0v) is 13.2. The number of carbonyl (C=O) groups excluding carboxylic acids is 1. The van der Waals surface area contributed by atoms with Gasteiger partial charge in [-0.05, 0) is 43.0 Å². The second-order valence-electron chi connectivity index (χ2n) is 5.72. The standard InChI is InChI=1S/C13H23N5OS/c1-9(2)18-13(15-16-17-18)20-8-12(19)14-11-7-5-4-6-10(11)3/h9-11H,4-8H2,1-3H3,(H,14,19)/t10-,11+/m0/s1. The first kappa shape index (κ1) is 15.3. The molecule has 7 heteroatoms. The summed E-state index contributed by atoms with van der Waals surface area (Å²) in [6.07, 6.45) is 4.81. The second kappa shape index (κ2) is 7.06. The van der Waals surface area contributed by atoms with E-state index in [0.717, 1.165) is 6.42 Å². The van der Waals surface area contributed by atoms with Gasteiger partial charge in [0.25, 0.3) is 0 Å². The Hall–Kier alpha value is -1.11. The van der Waals surface area contributed by atoms with Crippen molar-refractivity contribution in [2.45, 2.75) is 63.7 Å². The van der Waals surface area contributed by atoms with Crippen LogP contribution in [0.15, 0.2) is 5.16 Å². The maximum Gasteiger partial charge on any atom is 0.230 e.